The minimum Gasteiger partial charge on any atom is -0.493 e. The van der Waals surface area contributed by atoms with Crippen molar-refractivity contribution in [2.45, 2.75) is 51.7 Å². The fourth-order valence-electron chi connectivity index (χ4n) is 4.45. The summed E-state index contributed by atoms with van der Waals surface area (Å²) in [7, 11) is 0. The molecule has 0 saturated carbocycles. The zero-order chi connectivity index (χ0) is 24.4. The van der Waals surface area contributed by atoms with Crippen LogP contribution in [0.3, 0.4) is 0 Å². The van der Waals surface area contributed by atoms with Gasteiger partial charge in [-0.25, -0.2) is 10.4 Å². The lowest BCUT2D eigenvalue weighted by molar-refractivity contribution is -0.135. The summed E-state index contributed by atoms with van der Waals surface area (Å²) in [5.41, 5.74) is 6.13. The molecule has 1 aromatic heterocycles. The normalized spacial score (nSPS) is 19.3. The van der Waals surface area contributed by atoms with Crippen molar-refractivity contribution in [2.24, 2.45) is 0 Å². The summed E-state index contributed by atoms with van der Waals surface area (Å²) in [5, 5.41) is 2.56. The van der Waals surface area contributed by atoms with Gasteiger partial charge in [0, 0.05) is 28.5 Å². The number of carbonyl (C=O) groups excluding carboxylic acids is 1. The monoisotopic (exact) mass is 492 g/mol. The number of nitrogens with one attached hydrogen (secondary N) is 1. The van der Waals surface area contributed by atoms with Crippen molar-refractivity contribution in [1.29, 1.82) is 0 Å². The van der Waals surface area contributed by atoms with Gasteiger partial charge in [-0.2, -0.15) is 0 Å². The number of fused-ring (bicyclic) bond motifs is 1. The van der Waals surface area contributed by atoms with Gasteiger partial charge in [0.25, 0.3) is 5.91 Å². The number of halogens is 1. The molecule has 1 N–H and O–H groups in total. The van der Waals surface area contributed by atoms with Gasteiger partial charge in [-0.05, 0) is 50.1 Å². The minimum atomic E-state index is -0.295. The molecule has 2 unspecified atom stereocenters. The Labute approximate surface area is 210 Å². The van der Waals surface area contributed by atoms with Crippen LogP contribution in [0.5, 0.6) is 5.75 Å². The summed E-state index contributed by atoms with van der Waals surface area (Å²) in [6, 6.07) is 15.1. The highest BCUT2D eigenvalue weighted by molar-refractivity contribution is 6.30. The van der Waals surface area contributed by atoms with E-state index in [1.165, 1.54) is 0 Å². The molecule has 1 fully saturated rings. The number of rotatable bonds is 8. The Morgan fingerprint density at radius 2 is 1.97 bits per heavy atom. The third-order valence-corrected chi connectivity index (χ3v) is 6.68. The Kier molecular flexibility index (Phi) is 6.79. The summed E-state index contributed by atoms with van der Waals surface area (Å²) in [6.07, 6.45) is 6.47. The first-order valence-electron chi connectivity index (χ1n) is 12.0. The lowest BCUT2D eigenvalue weighted by Gasteiger charge is -2.31. The molecule has 2 aliphatic rings. The SMILES string of the molecule is CCCCOc1ccccc1C1CC2C(=O)N(Cc3nc(-c4ccc(Cl)cc4)oc3C)C=CN2N1. The number of hydrogen-bond acceptors (Lipinski definition) is 6. The summed E-state index contributed by atoms with van der Waals surface area (Å²) in [5.74, 6) is 2.12. The number of hydrogen-bond donors (Lipinski definition) is 1. The van der Waals surface area contributed by atoms with Crippen LogP contribution in [0.15, 0.2) is 65.3 Å². The van der Waals surface area contributed by atoms with Gasteiger partial charge in [0.05, 0.1) is 19.2 Å². The van der Waals surface area contributed by atoms with Gasteiger partial charge in [-0.1, -0.05) is 43.1 Å². The van der Waals surface area contributed by atoms with Crippen molar-refractivity contribution in [3.8, 4) is 17.2 Å². The van der Waals surface area contributed by atoms with E-state index < -0.39 is 0 Å². The maximum atomic E-state index is 13.4. The summed E-state index contributed by atoms with van der Waals surface area (Å²) in [4.78, 5) is 19.8. The Morgan fingerprint density at radius 1 is 1.17 bits per heavy atom. The fraction of sp³-hybridized carbons (Fsp3) is 0.333. The van der Waals surface area contributed by atoms with Crippen LogP contribution in [0, 0.1) is 6.92 Å². The van der Waals surface area contributed by atoms with Gasteiger partial charge >= 0.3 is 0 Å². The van der Waals surface area contributed by atoms with E-state index in [9.17, 15) is 4.79 Å². The highest BCUT2D eigenvalue weighted by Gasteiger charge is 2.41. The van der Waals surface area contributed by atoms with E-state index in [1.807, 2.05) is 48.5 Å². The van der Waals surface area contributed by atoms with Crippen LogP contribution in [-0.2, 0) is 11.3 Å². The molecule has 7 nitrogen and oxygen atoms in total. The average molecular weight is 493 g/mol. The Bertz CT molecular complexity index is 1220. The molecule has 8 heteroatoms. The number of nitrogens with zero attached hydrogens (tertiary/aromatic N) is 3. The molecule has 0 aliphatic carbocycles. The molecular formula is C27H29ClN4O3. The van der Waals surface area contributed by atoms with Crippen LogP contribution in [0.1, 0.15) is 49.2 Å². The first-order chi connectivity index (χ1) is 17.0. The maximum absolute atomic E-state index is 13.4. The molecule has 1 amide bonds. The van der Waals surface area contributed by atoms with E-state index in [2.05, 4.69) is 23.4 Å². The lowest BCUT2D eigenvalue weighted by Crippen LogP contribution is -2.47. The van der Waals surface area contributed by atoms with Gasteiger partial charge in [-0.3, -0.25) is 4.79 Å². The number of unbranched alkanes of at least 4 members (excludes halogenated alkanes) is 1. The first kappa shape index (κ1) is 23.5. The first-order valence-corrected chi connectivity index (χ1v) is 12.4. The van der Waals surface area contributed by atoms with E-state index in [4.69, 9.17) is 20.8 Å². The lowest BCUT2D eigenvalue weighted by atomic mass is 10.00. The average Bonchev–Trinajstić information content (AvgIpc) is 3.46. The minimum absolute atomic E-state index is 0.00308. The fourth-order valence-corrected chi connectivity index (χ4v) is 4.57. The van der Waals surface area contributed by atoms with E-state index in [0.29, 0.717) is 36.2 Å². The van der Waals surface area contributed by atoms with Crippen LogP contribution in [0.25, 0.3) is 11.5 Å². The van der Waals surface area contributed by atoms with Gasteiger partial charge < -0.3 is 19.1 Å². The van der Waals surface area contributed by atoms with E-state index in [0.717, 1.165) is 35.4 Å². The topological polar surface area (TPSA) is 70.8 Å². The number of aromatic nitrogens is 1. The van der Waals surface area contributed by atoms with Gasteiger partial charge in [-0.15, -0.1) is 0 Å². The Balaban J connectivity index is 1.28. The number of carbonyl (C=O) groups is 1. The number of benzene rings is 2. The smallest absolute Gasteiger partial charge is 0.251 e. The number of amides is 1. The van der Waals surface area contributed by atoms with Crippen LogP contribution < -0.4 is 10.2 Å². The van der Waals surface area contributed by atoms with Crippen molar-refractivity contribution in [2.75, 3.05) is 6.61 Å². The quantitative estimate of drug-likeness (QED) is 0.412. The second kappa shape index (κ2) is 10.1. The molecule has 1 saturated heterocycles. The van der Waals surface area contributed by atoms with Gasteiger partial charge in [0.2, 0.25) is 5.89 Å². The zero-order valence-electron chi connectivity index (χ0n) is 19.9. The van der Waals surface area contributed by atoms with E-state index >= 15 is 0 Å². The number of aryl methyl sites for hydroxylation is 1. The standard InChI is InChI=1S/C27H29ClN4O3/c1-3-4-15-34-25-8-6-5-7-21(25)22-16-24-27(33)31(13-14-32(24)30-22)17-23-18(2)35-26(29-23)19-9-11-20(28)12-10-19/h5-14,22,24,30H,3-4,15-17H2,1-2H3. The van der Waals surface area contributed by atoms with Crippen LogP contribution >= 0.6 is 11.6 Å². The van der Waals surface area contributed by atoms with E-state index in [1.54, 1.807) is 23.2 Å². The van der Waals surface area contributed by atoms with Crippen LogP contribution in [-0.4, -0.2) is 33.4 Å². The molecule has 0 bridgehead atoms. The number of para-hydroxylation sites is 1. The predicted molar refractivity (Wildman–Crippen MR) is 134 cm³/mol. The van der Waals surface area contributed by atoms with Gasteiger partial charge in [0.1, 0.15) is 23.2 Å². The van der Waals surface area contributed by atoms with Crippen molar-refractivity contribution >= 4 is 17.5 Å². The molecule has 5 rings (SSSR count). The second-order valence-electron chi connectivity index (χ2n) is 8.87. The van der Waals surface area contributed by atoms with E-state index in [-0.39, 0.29) is 18.0 Å². The van der Waals surface area contributed by atoms with Gasteiger partial charge in [0.15, 0.2) is 0 Å². The highest BCUT2D eigenvalue weighted by Crippen LogP contribution is 2.36. The molecule has 3 heterocycles. The molecule has 0 radical (unpaired) electrons. The molecule has 0 spiro atoms. The molecule has 2 aromatic carbocycles. The second-order valence-corrected chi connectivity index (χ2v) is 9.31. The molecule has 2 aliphatic heterocycles. The third-order valence-electron chi connectivity index (χ3n) is 6.43. The number of hydrazine groups is 1. The molecule has 35 heavy (non-hydrogen) atoms. The van der Waals surface area contributed by atoms with Crippen molar-refractivity contribution < 1.29 is 13.9 Å². The molecular weight excluding hydrogens is 464 g/mol. The molecule has 3 aromatic rings. The molecule has 2 atom stereocenters. The Hall–Kier alpha value is -3.29. The summed E-state index contributed by atoms with van der Waals surface area (Å²) >= 11 is 5.99. The number of ether oxygens (including phenoxy) is 1. The van der Waals surface area contributed by atoms with Crippen LogP contribution in [0.2, 0.25) is 5.02 Å². The van der Waals surface area contributed by atoms with Crippen molar-refractivity contribution in [1.82, 2.24) is 20.3 Å². The number of oxazole rings is 1. The highest BCUT2D eigenvalue weighted by atomic mass is 35.5. The van der Waals surface area contributed by atoms with Crippen LogP contribution in [0.4, 0.5) is 0 Å². The molecule has 182 valence electrons. The van der Waals surface area contributed by atoms with Crippen molar-refractivity contribution in [3.63, 3.8) is 0 Å². The summed E-state index contributed by atoms with van der Waals surface area (Å²) in [6.45, 7) is 5.06. The van der Waals surface area contributed by atoms with Crippen molar-refractivity contribution in [3.05, 3.63) is 83.0 Å². The summed E-state index contributed by atoms with van der Waals surface area (Å²) < 4.78 is 11.9. The largest absolute Gasteiger partial charge is 0.493 e. The third kappa shape index (κ3) is 4.92. The Morgan fingerprint density at radius 3 is 2.77 bits per heavy atom. The maximum Gasteiger partial charge on any atom is 0.251 e. The zero-order valence-corrected chi connectivity index (χ0v) is 20.7. The predicted octanol–water partition coefficient (Wildman–Crippen LogP) is 5.62.